The minimum absolute atomic E-state index is 0.0874. The zero-order valence-electron chi connectivity index (χ0n) is 9.20. The molecule has 0 aliphatic carbocycles. The molecule has 0 N–H and O–H groups in total. The Morgan fingerprint density at radius 3 is 2.73 bits per heavy atom. The first-order chi connectivity index (χ1) is 7.28. The van der Waals surface area contributed by atoms with Gasteiger partial charge in [-0.25, -0.2) is 0 Å². The average Bonchev–Trinajstić information content (AvgIpc) is 2.56. The van der Waals surface area contributed by atoms with Gasteiger partial charge in [-0.05, 0) is 32.6 Å². The van der Waals surface area contributed by atoms with Gasteiger partial charge >= 0.3 is 5.97 Å². The molecular weight excluding hydrogens is 208 g/mol. The topological polar surface area (TPSA) is 26.3 Å². The number of esters is 1. The second-order valence-corrected chi connectivity index (χ2v) is 5.84. The molecule has 2 nitrogen and oxygen atoms in total. The highest BCUT2D eigenvalue weighted by Crippen LogP contribution is 2.45. The van der Waals surface area contributed by atoms with Crippen LogP contribution < -0.4 is 0 Å². The predicted molar refractivity (Wildman–Crippen MR) is 63.0 cm³/mol. The third-order valence-electron chi connectivity index (χ3n) is 3.04. The van der Waals surface area contributed by atoms with E-state index in [0.717, 1.165) is 10.5 Å². The van der Waals surface area contributed by atoms with E-state index in [1.807, 2.05) is 6.92 Å². The highest BCUT2D eigenvalue weighted by Gasteiger charge is 2.31. The Balaban J connectivity index is 1.83. The molecule has 2 saturated heterocycles. The molecule has 2 fully saturated rings. The van der Waals surface area contributed by atoms with Crippen LogP contribution in [0.5, 0.6) is 0 Å². The van der Waals surface area contributed by atoms with Crippen LogP contribution in [0.15, 0.2) is 11.6 Å². The molecule has 2 aliphatic heterocycles. The molecule has 0 radical (unpaired) electrons. The summed E-state index contributed by atoms with van der Waals surface area (Å²) in [4.78, 5) is 11.2. The maximum absolute atomic E-state index is 11.2. The Hall–Kier alpha value is -0.440. The minimum atomic E-state index is -0.0874. The summed E-state index contributed by atoms with van der Waals surface area (Å²) in [6, 6.07) is 0. The van der Waals surface area contributed by atoms with Crippen LogP contribution in [0.1, 0.15) is 39.0 Å². The van der Waals surface area contributed by atoms with Crippen molar-refractivity contribution in [3.8, 4) is 0 Å². The van der Waals surface area contributed by atoms with E-state index in [9.17, 15) is 4.79 Å². The van der Waals surface area contributed by atoms with Crippen LogP contribution in [0.3, 0.4) is 0 Å². The van der Waals surface area contributed by atoms with Crippen molar-refractivity contribution in [3.63, 3.8) is 0 Å². The first-order valence-electron chi connectivity index (χ1n) is 5.77. The predicted octanol–water partition coefficient (Wildman–Crippen LogP) is 2.92. The molecule has 2 heterocycles. The minimum Gasteiger partial charge on any atom is -0.466 e. The SMILES string of the molecule is CCOC(=O)CC=C1CC2CCC(C1)S2. The lowest BCUT2D eigenvalue weighted by Gasteiger charge is -2.21. The Morgan fingerprint density at radius 2 is 2.13 bits per heavy atom. The van der Waals surface area contributed by atoms with Crippen LogP contribution in [-0.2, 0) is 9.53 Å². The summed E-state index contributed by atoms with van der Waals surface area (Å²) < 4.78 is 4.91. The molecule has 84 valence electrons. The van der Waals surface area contributed by atoms with Gasteiger partial charge in [0.25, 0.3) is 0 Å². The molecule has 2 atom stereocenters. The molecule has 2 rings (SSSR count). The van der Waals surface area contributed by atoms with Gasteiger partial charge in [0, 0.05) is 10.5 Å². The molecule has 0 amide bonds. The molecule has 0 aromatic carbocycles. The maximum Gasteiger partial charge on any atom is 0.309 e. The van der Waals surface area contributed by atoms with Gasteiger partial charge in [-0.15, -0.1) is 0 Å². The highest BCUT2D eigenvalue weighted by atomic mass is 32.2. The van der Waals surface area contributed by atoms with Crippen LogP contribution in [0, 0.1) is 0 Å². The van der Waals surface area contributed by atoms with Gasteiger partial charge < -0.3 is 4.74 Å². The maximum atomic E-state index is 11.2. The third-order valence-corrected chi connectivity index (χ3v) is 4.61. The number of rotatable bonds is 3. The molecule has 2 bridgehead atoms. The lowest BCUT2D eigenvalue weighted by Crippen LogP contribution is -2.10. The van der Waals surface area contributed by atoms with Crippen LogP contribution in [0.2, 0.25) is 0 Å². The first kappa shape index (κ1) is 11.1. The Morgan fingerprint density at radius 1 is 1.47 bits per heavy atom. The van der Waals surface area contributed by atoms with E-state index in [2.05, 4.69) is 17.8 Å². The van der Waals surface area contributed by atoms with Crippen molar-refractivity contribution < 1.29 is 9.53 Å². The summed E-state index contributed by atoms with van der Waals surface area (Å²) in [5.74, 6) is -0.0874. The molecule has 0 aromatic heterocycles. The number of carbonyl (C=O) groups is 1. The Bertz CT molecular complexity index is 259. The number of carbonyl (C=O) groups excluding carboxylic acids is 1. The first-order valence-corrected chi connectivity index (χ1v) is 6.71. The van der Waals surface area contributed by atoms with Gasteiger partial charge in [0.1, 0.15) is 0 Å². The van der Waals surface area contributed by atoms with Crippen molar-refractivity contribution in [3.05, 3.63) is 11.6 Å². The average molecular weight is 226 g/mol. The molecule has 2 aliphatic rings. The fourth-order valence-corrected chi connectivity index (χ4v) is 4.07. The largest absolute Gasteiger partial charge is 0.466 e. The monoisotopic (exact) mass is 226 g/mol. The summed E-state index contributed by atoms with van der Waals surface area (Å²) in [6.07, 6.45) is 7.69. The molecule has 0 aromatic rings. The fourth-order valence-electron chi connectivity index (χ4n) is 2.36. The van der Waals surface area contributed by atoms with Crippen LogP contribution in [0.25, 0.3) is 0 Å². The van der Waals surface area contributed by atoms with Crippen molar-refractivity contribution in [2.24, 2.45) is 0 Å². The number of fused-ring (bicyclic) bond motifs is 2. The summed E-state index contributed by atoms with van der Waals surface area (Å²) >= 11 is 2.14. The van der Waals surface area contributed by atoms with Crippen molar-refractivity contribution in [2.45, 2.75) is 49.5 Å². The molecule has 0 spiro atoms. The Kier molecular flexibility index (Phi) is 3.73. The van der Waals surface area contributed by atoms with E-state index < -0.39 is 0 Å². The van der Waals surface area contributed by atoms with Gasteiger partial charge in [-0.1, -0.05) is 11.6 Å². The van der Waals surface area contributed by atoms with Crippen LogP contribution in [-0.4, -0.2) is 23.1 Å². The van der Waals surface area contributed by atoms with E-state index in [4.69, 9.17) is 4.74 Å². The second kappa shape index (κ2) is 5.06. The van der Waals surface area contributed by atoms with Gasteiger partial charge in [0.2, 0.25) is 0 Å². The van der Waals surface area contributed by atoms with E-state index in [1.165, 1.54) is 31.3 Å². The summed E-state index contributed by atoms with van der Waals surface area (Å²) in [6.45, 7) is 2.34. The third kappa shape index (κ3) is 3.00. The van der Waals surface area contributed by atoms with Crippen LogP contribution >= 0.6 is 11.8 Å². The van der Waals surface area contributed by atoms with E-state index >= 15 is 0 Å². The lowest BCUT2D eigenvalue weighted by atomic mass is 10.1. The van der Waals surface area contributed by atoms with Gasteiger partial charge in [-0.2, -0.15) is 11.8 Å². The normalized spacial score (nSPS) is 29.0. The summed E-state index contributed by atoms with van der Waals surface area (Å²) in [5.41, 5.74) is 1.48. The second-order valence-electron chi connectivity index (χ2n) is 4.24. The van der Waals surface area contributed by atoms with E-state index in [0.29, 0.717) is 13.0 Å². The molecule has 3 heteroatoms. The van der Waals surface area contributed by atoms with Crippen molar-refractivity contribution in [1.29, 1.82) is 0 Å². The molecule has 0 saturated carbocycles. The zero-order chi connectivity index (χ0) is 10.7. The van der Waals surface area contributed by atoms with E-state index in [1.54, 1.807) is 0 Å². The van der Waals surface area contributed by atoms with Gasteiger partial charge in [0.15, 0.2) is 0 Å². The van der Waals surface area contributed by atoms with Crippen molar-refractivity contribution in [1.82, 2.24) is 0 Å². The summed E-state index contributed by atoms with van der Waals surface area (Å²) in [7, 11) is 0. The fraction of sp³-hybridized carbons (Fsp3) is 0.750. The van der Waals surface area contributed by atoms with Crippen LogP contribution in [0.4, 0.5) is 0 Å². The Labute approximate surface area is 95.5 Å². The number of thioether (sulfide) groups is 1. The lowest BCUT2D eigenvalue weighted by molar-refractivity contribution is -0.142. The molecular formula is C12H18O2S. The standard InChI is InChI=1S/C12H18O2S/c1-2-14-12(13)6-3-9-7-10-4-5-11(8-9)15-10/h3,10-11H,2,4-8H2,1H3. The molecule has 15 heavy (non-hydrogen) atoms. The van der Waals surface area contributed by atoms with Crippen molar-refractivity contribution in [2.75, 3.05) is 6.61 Å². The van der Waals surface area contributed by atoms with Gasteiger partial charge in [0.05, 0.1) is 13.0 Å². The van der Waals surface area contributed by atoms with Gasteiger partial charge in [-0.3, -0.25) is 4.79 Å². The number of allylic oxidation sites excluding steroid dienone is 1. The van der Waals surface area contributed by atoms with E-state index in [-0.39, 0.29) is 5.97 Å². The van der Waals surface area contributed by atoms with Crippen molar-refractivity contribution >= 4 is 17.7 Å². The smallest absolute Gasteiger partial charge is 0.309 e. The summed E-state index contributed by atoms with van der Waals surface area (Å²) in [5, 5.41) is 1.66. The molecule has 2 unspecified atom stereocenters. The number of ether oxygens (including phenoxy) is 1. The quantitative estimate of drug-likeness (QED) is 0.547. The number of hydrogen-bond acceptors (Lipinski definition) is 3. The zero-order valence-corrected chi connectivity index (χ0v) is 10.0. The number of hydrogen-bond donors (Lipinski definition) is 0. The highest BCUT2D eigenvalue weighted by molar-refractivity contribution is 8.00.